The van der Waals surface area contributed by atoms with Crippen LogP contribution in [0.5, 0.6) is 11.5 Å². The van der Waals surface area contributed by atoms with Gasteiger partial charge in [0.1, 0.15) is 18.1 Å². The minimum Gasteiger partial charge on any atom is -0.496 e. The predicted octanol–water partition coefficient (Wildman–Crippen LogP) is 4.66. The Balaban J connectivity index is 1.86. The number of likely N-dealkylation sites (N-methyl/N-ethyl adjacent to an activating group) is 1. The predicted molar refractivity (Wildman–Crippen MR) is 115 cm³/mol. The average molecular weight is 437 g/mol. The number of methoxy groups -OCH3 is 1. The Morgan fingerprint density at radius 3 is 2.54 bits per heavy atom. The Morgan fingerprint density at radius 1 is 1.21 bits per heavy atom. The lowest BCUT2D eigenvalue weighted by atomic mass is 10.1. The molecular formula is C20H18Cl2N2O3S. The molecule has 1 heterocycles. The highest BCUT2D eigenvalue weighted by atomic mass is 35.5. The number of nitrogens with one attached hydrogen (secondary N) is 1. The fourth-order valence-corrected chi connectivity index (χ4v) is 3.63. The number of ether oxygens (including phenoxy) is 2. The lowest BCUT2D eigenvalue weighted by molar-refractivity contribution is -0.122. The second-order valence-corrected chi connectivity index (χ2v) is 7.15. The summed E-state index contributed by atoms with van der Waals surface area (Å²) in [5, 5.41) is 4.21. The van der Waals surface area contributed by atoms with Gasteiger partial charge in [-0.05, 0) is 55.0 Å². The molecule has 1 N–H and O–H groups in total. The van der Waals surface area contributed by atoms with Crippen molar-refractivity contribution in [3.63, 3.8) is 0 Å². The Bertz CT molecular complexity index is 942. The molecule has 2 aromatic carbocycles. The summed E-state index contributed by atoms with van der Waals surface area (Å²) in [6, 6.07) is 10.7. The summed E-state index contributed by atoms with van der Waals surface area (Å²) < 4.78 is 11.2. The first-order valence-corrected chi connectivity index (χ1v) is 9.69. The molecular weight excluding hydrogens is 419 g/mol. The molecule has 8 heteroatoms. The lowest BCUT2D eigenvalue weighted by Crippen LogP contribution is -2.30. The first-order valence-electron chi connectivity index (χ1n) is 8.52. The highest BCUT2D eigenvalue weighted by Gasteiger charge is 2.29. The standard InChI is InChI=1S/C20H18Cl2N2O3S/c1-3-24-19(25)16(23-20(24)28)10-12-7-8-17(26-2)13(9-12)11-27-18-14(21)5-4-6-15(18)22/h4-10H,3,11H2,1-2H3,(H,23,28)/b16-10+. The summed E-state index contributed by atoms with van der Waals surface area (Å²) in [5.74, 6) is 0.916. The smallest absolute Gasteiger partial charge is 0.276 e. The molecule has 1 aliphatic rings. The van der Waals surface area contributed by atoms with Gasteiger partial charge in [-0.2, -0.15) is 0 Å². The van der Waals surface area contributed by atoms with Crippen LogP contribution < -0.4 is 14.8 Å². The summed E-state index contributed by atoms with van der Waals surface area (Å²) >= 11 is 17.5. The molecule has 3 rings (SSSR count). The largest absolute Gasteiger partial charge is 0.496 e. The van der Waals surface area contributed by atoms with Crippen molar-refractivity contribution < 1.29 is 14.3 Å². The molecule has 0 unspecified atom stereocenters. The van der Waals surface area contributed by atoms with E-state index in [-0.39, 0.29) is 12.5 Å². The third-order valence-electron chi connectivity index (χ3n) is 4.18. The molecule has 146 valence electrons. The van der Waals surface area contributed by atoms with E-state index in [1.165, 1.54) is 4.90 Å². The van der Waals surface area contributed by atoms with Crippen molar-refractivity contribution in [3.05, 3.63) is 63.3 Å². The number of benzene rings is 2. The van der Waals surface area contributed by atoms with Gasteiger partial charge in [-0.25, -0.2) is 0 Å². The zero-order valence-corrected chi connectivity index (χ0v) is 17.6. The number of para-hydroxylation sites is 1. The number of rotatable bonds is 6. The zero-order chi connectivity index (χ0) is 20.3. The number of hydrogen-bond donors (Lipinski definition) is 1. The number of carbonyl (C=O) groups excluding carboxylic acids is 1. The van der Waals surface area contributed by atoms with Crippen LogP contribution in [0.2, 0.25) is 10.0 Å². The molecule has 0 aromatic heterocycles. The van der Waals surface area contributed by atoms with Gasteiger partial charge in [-0.3, -0.25) is 9.69 Å². The molecule has 0 atom stereocenters. The van der Waals surface area contributed by atoms with Crippen molar-refractivity contribution in [2.45, 2.75) is 13.5 Å². The second-order valence-electron chi connectivity index (χ2n) is 5.95. The molecule has 1 amide bonds. The van der Waals surface area contributed by atoms with Crippen LogP contribution >= 0.6 is 35.4 Å². The molecule has 0 spiro atoms. The molecule has 0 aliphatic carbocycles. The number of thiocarbonyl (C=S) groups is 1. The average Bonchev–Trinajstić information content (AvgIpc) is 2.94. The molecule has 1 saturated heterocycles. The Kier molecular flexibility index (Phi) is 6.44. The first kappa shape index (κ1) is 20.5. The summed E-state index contributed by atoms with van der Waals surface area (Å²) in [6.45, 7) is 2.59. The van der Waals surface area contributed by atoms with Crippen LogP contribution in [-0.4, -0.2) is 29.6 Å². The topological polar surface area (TPSA) is 50.8 Å². The number of nitrogens with zero attached hydrogens (tertiary/aromatic N) is 1. The quantitative estimate of drug-likeness (QED) is 0.527. The van der Waals surface area contributed by atoms with Crippen molar-refractivity contribution in [3.8, 4) is 11.5 Å². The third kappa shape index (κ3) is 4.24. The van der Waals surface area contributed by atoms with Gasteiger partial charge in [0.2, 0.25) is 0 Å². The number of amides is 1. The van der Waals surface area contributed by atoms with Crippen LogP contribution in [0.25, 0.3) is 6.08 Å². The normalized spacial score (nSPS) is 15.1. The van der Waals surface area contributed by atoms with Crippen LogP contribution in [0.15, 0.2) is 42.1 Å². The van der Waals surface area contributed by atoms with Crippen molar-refractivity contribution >= 4 is 52.5 Å². The highest BCUT2D eigenvalue weighted by molar-refractivity contribution is 7.80. The lowest BCUT2D eigenvalue weighted by Gasteiger charge is -2.13. The van der Waals surface area contributed by atoms with Crippen LogP contribution in [0.4, 0.5) is 0 Å². The second kappa shape index (κ2) is 8.82. The maximum atomic E-state index is 12.4. The molecule has 0 bridgehead atoms. The first-order chi connectivity index (χ1) is 13.4. The van der Waals surface area contributed by atoms with E-state index in [0.717, 1.165) is 11.1 Å². The molecule has 0 saturated carbocycles. The van der Waals surface area contributed by atoms with E-state index in [0.29, 0.717) is 38.9 Å². The maximum absolute atomic E-state index is 12.4. The van der Waals surface area contributed by atoms with Crippen molar-refractivity contribution in [1.29, 1.82) is 0 Å². The van der Waals surface area contributed by atoms with E-state index in [4.69, 9.17) is 44.9 Å². The molecule has 5 nitrogen and oxygen atoms in total. The summed E-state index contributed by atoms with van der Waals surface area (Å²) in [6.07, 6.45) is 1.75. The number of carbonyl (C=O) groups is 1. The fourth-order valence-electron chi connectivity index (χ4n) is 2.80. The van der Waals surface area contributed by atoms with Gasteiger partial charge in [0.15, 0.2) is 10.9 Å². The van der Waals surface area contributed by atoms with Crippen molar-refractivity contribution in [1.82, 2.24) is 10.2 Å². The van der Waals surface area contributed by atoms with E-state index in [1.807, 2.05) is 25.1 Å². The van der Waals surface area contributed by atoms with Crippen molar-refractivity contribution in [2.75, 3.05) is 13.7 Å². The fraction of sp³-hybridized carbons (Fsp3) is 0.200. The van der Waals surface area contributed by atoms with E-state index < -0.39 is 0 Å². The Morgan fingerprint density at radius 2 is 1.93 bits per heavy atom. The van der Waals surface area contributed by atoms with Gasteiger partial charge in [0, 0.05) is 12.1 Å². The zero-order valence-electron chi connectivity index (χ0n) is 15.3. The van der Waals surface area contributed by atoms with E-state index in [1.54, 1.807) is 31.4 Å². The minimum atomic E-state index is -0.149. The van der Waals surface area contributed by atoms with Crippen LogP contribution in [0.1, 0.15) is 18.1 Å². The number of halogens is 2. The van der Waals surface area contributed by atoms with Crippen LogP contribution in [0, 0.1) is 0 Å². The van der Waals surface area contributed by atoms with Gasteiger partial charge in [-0.15, -0.1) is 0 Å². The van der Waals surface area contributed by atoms with Gasteiger partial charge >= 0.3 is 0 Å². The number of hydrogen-bond acceptors (Lipinski definition) is 4. The van der Waals surface area contributed by atoms with Crippen LogP contribution in [0.3, 0.4) is 0 Å². The third-order valence-corrected chi connectivity index (χ3v) is 5.10. The van der Waals surface area contributed by atoms with E-state index >= 15 is 0 Å². The SMILES string of the molecule is CCN1C(=O)/C(=C\c2ccc(OC)c(COc3c(Cl)cccc3Cl)c2)NC1=S. The summed E-state index contributed by atoms with van der Waals surface area (Å²) in [7, 11) is 1.58. The van der Waals surface area contributed by atoms with E-state index in [9.17, 15) is 4.79 Å². The Hall–Kier alpha value is -2.28. The van der Waals surface area contributed by atoms with Gasteiger partial charge < -0.3 is 14.8 Å². The minimum absolute atomic E-state index is 0.149. The highest BCUT2D eigenvalue weighted by Crippen LogP contribution is 2.34. The van der Waals surface area contributed by atoms with Crippen LogP contribution in [-0.2, 0) is 11.4 Å². The van der Waals surface area contributed by atoms with Gasteiger partial charge in [0.25, 0.3) is 5.91 Å². The van der Waals surface area contributed by atoms with Crippen molar-refractivity contribution in [2.24, 2.45) is 0 Å². The summed E-state index contributed by atoms with van der Waals surface area (Å²) in [4.78, 5) is 13.9. The molecule has 0 radical (unpaired) electrons. The Labute approximate surface area is 178 Å². The molecule has 28 heavy (non-hydrogen) atoms. The van der Waals surface area contributed by atoms with Gasteiger partial charge in [-0.1, -0.05) is 35.3 Å². The maximum Gasteiger partial charge on any atom is 0.276 e. The molecule has 2 aromatic rings. The summed E-state index contributed by atoms with van der Waals surface area (Å²) in [5.41, 5.74) is 2.02. The monoisotopic (exact) mass is 436 g/mol. The van der Waals surface area contributed by atoms with Gasteiger partial charge in [0.05, 0.1) is 17.2 Å². The molecule has 1 fully saturated rings. The van der Waals surface area contributed by atoms with E-state index in [2.05, 4.69) is 5.32 Å². The molecule has 1 aliphatic heterocycles.